The Bertz CT molecular complexity index is 372. The molecule has 0 bridgehead atoms. The lowest BCUT2D eigenvalue weighted by Crippen LogP contribution is -2.43. The van der Waals surface area contributed by atoms with Gasteiger partial charge < -0.3 is 10.2 Å². The van der Waals surface area contributed by atoms with Crippen molar-refractivity contribution < 1.29 is 4.79 Å². The van der Waals surface area contributed by atoms with Crippen LogP contribution in [0.5, 0.6) is 0 Å². The molecule has 0 unspecified atom stereocenters. The predicted octanol–water partition coefficient (Wildman–Crippen LogP) is 0.981. The smallest absolute Gasteiger partial charge is 0.223 e. The number of benzene rings is 1. The van der Waals surface area contributed by atoms with Crippen molar-refractivity contribution in [3.63, 3.8) is 0 Å². The van der Waals surface area contributed by atoms with Crippen LogP contribution in [0, 0.1) is 6.54 Å². The van der Waals surface area contributed by atoms with E-state index in [1.54, 1.807) is 0 Å². The van der Waals surface area contributed by atoms with Crippen molar-refractivity contribution in [2.75, 3.05) is 19.6 Å². The van der Waals surface area contributed by atoms with Gasteiger partial charge in [0.15, 0.2) is 0 Å². The van der Waals surface area contributed by atoms with Crippen molar-refractivity contribution >= 4 is 20.5 Å². The molecule has 17 heavy (non-hydrogen) atoms. The lowest BCUT2D eigenvalue weighted by atomic mass is 10.1. The van der Waals surface area contributed by atoms with Crippen LogP contribution in [0.3, 0.4) is 0 Å². The average Bonchev–Trinajstić information content (AvgIpc) is 2.39. The van der Waals surface area contributed by atoms with Gasteiger partial charge in [-0.15, -0.1) is 0 Å². The molecule has 4 heteroatoms. The van der Waals surface area contributed by atoms with Crippen molar-refractivity contribution in [1.29, 1.82) is 0 Å². The van der Waals surface area contributed by atoms with Crippen LogP contribution in [0.1, 0.15) is 12.0 Å². The van der Waals surface area contributed by atoms with Crippen molar-refractivity contribution in [3.8, 4) is 0 Å². The predicted molar refractivity (Wildman–Crippen MR) is 71.6 cm³/mol. The molecule has 1 N–H and O–H groups in total. The van der Waals surface area contributed by atoms with Crippen LogP contribution in [0.25, 0.3) is 0 Å². The summed E-state index contributed by atoms with van der Waals surface area (Å²) in [5, 5.41) is 4.26. The third kappa shape index (κ3) is 3.79. The Labute approximate surface area is 105 Å². The fraction of sp³-hybridized carbons (Fsp3) is 0.385. The topological polar surface area (TPSA) is 32.3 Å². The summed E-state index contributed by atoms with van der Waals surface area (Å²) in [6.45, 7) is 4.41. The third-order valence-corrected chi connectivity index (χ3v) is 3.22. The van der Waals surface area contributed by atoms with E-state index in [4.69, 9.17) is 0 Å². The highest BCUT2D eigenvalue weighted by atomic mass is 31.0. The second kappa shape index (κ2) is 6.13. The number of aryl methyl sites for hydroxylation is 1. The molecule has 2 rings (SSSR count). The maximum Gasteiger partial charge on any atom is 0.223 e. The molecule has 1 aliphatic heterocycles. The van der Waals surface area contributed by atoms with E-state index in [1.807, 2.05) is 23.6 Å². The number of hydrogen-bond acceptors (Lipinski definition) is 2. The van der Waals surface area contributed by atoms with Gasteiger partial charge in [0.2, 0.25) is 5.91 Å². The van der Waals surface area contributed by atoms with E-state index < -0.39 is 0 Å². The van der Waals surface area contributed by atoms with Crippen LogP contribution < -0.4 is 10.6 Å². The first-order chi connectivity index (χ1) is 8.25. The fourth-order valence-corrected chi connectivity index (χ4v) is 2.03. The Balaban J connectivity index is 1.81. The van der Waals surface area contributed by atoms with E-state index in [0.29, 0.717) is 6.42 Å². The number of rotatable bonds is 3. The summed E-state index contributed by atoms with van der Waals surface area (Å²) < 4.78 is 0. The highest BCUT2D eigenvalue weighted by Crippen LogP contribution is 2.07. The summed E-state index contributed by atoms with van der Waals surface area (Å²) in [7, 11) is 3.45. The molecule has 0 spiro atoms. The number of nitrogens with one attached hydrogen (secondary N) is 1. The number of hydrogen-bond donors (Lipinski definition) is 1. The van der Waals surface area contributed by atoms with Crippen LogP contribution in [-0.2, 0) is 11.2 Å². The summed E-state index contributed by atoms with van der Waals surface area (Å²) in [5.41, 5.74) is 1.20. The van der Waals surface area contributed by atoms with Crippen LogP contribution in [0.2, 0.25) is 0 Å². The fourth-order valence-electron chi connectivity index (χ4n) is 1.86. The molecule has 0 atom stereocenters. The van der Waals surface area contributed by atoms with E-state index in [9.17, 15) is 4.79 Å². The summed E-state index contributed by atoms with van der Waals surface area (Å²) in [6.07, 6.45) is 1.39. The molecular formula is C13H17N2OP. The van der Waals surface area contributed by atoms with Crippen LogP contribution in [-0.4, -0.2) is 30.4 Å². The molecule has 90 valence electrons. The lowest BCUT2D eigenvalue weighted by Gasteiger charge is -2.26. The second-order valence-corrected chi connectivity index (χ2v) is 4.75. The molecule has 1 aromatic carbocycles. The van der Waals surface area contributed by atoms with Gasteiger partial charge in [-0.2, -0.15) is 0 Å². The Morgan fingerprint density at radius 2 is 2.12 bits per heavy atom. The Kier molecular flexibility index (Phi) is 4.52. The molecule has 1 fully saturated rings. The van der Waals surface area contributed by atoms with E-state index in [-0.39, 0.29) is 5.91 Å². The molecule has 0 saturated carbocycles. The van der Waals surface area contributed by atoms with Crippen molar-refractivity contribution in [2.24, 2.45) is 0 Å². The number of carbonyl (C=O) groups excluding carboxylic acids is 1. The molecule has 3 nitrogen and oxygen atoms in total. The molecule has 1 amide bonds. The number of piperazine rings is 1. The van der Waals surface area contributed by atoms with Crippen molar-refractivity contribution in [3.05, 3.63) is 36.4 Å². The number of nitrogens with zero attached hydrogens (tertiary/aromatic N) is 1. The standard InChI is InChI=1S/C13H17N2OP/c16-13(15-9-7-14-8-10-15)6-3-11-1-4-12(17)5-2-11/h1-2,4-5,9,14,17H,3,6-8,10H2. The van der Waals surface area contributed by atoms with E-state index in [2.05, 4.69) is 26.7 Å². The minimum Gasteiger partial charge on any atom is -0.335 e. The zero-order valence-corrected chi connectivity index (χ0v) is 10.8. The van der Waals surface area contributed by atoms with Gasteiger partial charge in [-0.1, -0.05) is 33.5 Å². The Morgan fingerprint density at radius 3 is 2.76 bits per heavy atom. The van der Waals surface area contributed by atoms with Crippen molar-refractivity contribution in [2.45, 2.75) is 12.8 Å². The minimum absolute atomic E-state index is 0.217. The molecule has 0 aliphatic carbocycles. The monoisotopic (exact) mass is 248 g/mol. The highest BCUT2D eigenvalue weighted by Gasteiger charge is 2.15. The van der Waals surface area contributed by atoms with Crippen LogP contribution in [0.4, 0.5) is 0 Å². The molecule has 0 aromatic heterocycles. The van der Waals surface area contributed by atoms with Gasteiger partial charge in [0.05, 0.1) is 6.54 Å². The van der Waals surface area contributed by atoms with E-state index in [1.165, 1.54) is 5.56 Å². The van der Waals surface area contributed by atoms with Crippen molar-refractivity contribution in [1.82, 2.24) is 10.2 Å². The summed E-state index contributed by atoms with van der Waals surface area (Å²) >= 11 is 0. The van der Waals surface area contributed by atoms with Gasteiger partial charge in [-0.3, -0.25) is 4.79 Å². The van der Waals surface area contributed by atoms with Gasteiger partial charge in [-0.05, 0) is 17.3 Å². The quantitative estimate of drug-likeness (QED) is 0.809. The minimum atomic E-state index is 0.217. The van der Waals surface area contributed by atoms with Crippen LogP contribution in [0.15, 0.2) is 24.3 Å². The Hall–Kier alpha value is -0.920. The zero-order chi connectivity index (χ0) is 12.1. The number of amides is 1. The summed E-state index contributed by atoms with van der Waals surface area (Å²) in [5.74, 6) is 0.217. The Morgan fingerprint density at radius 1 is 1.35 bits per heavy atom. The van der Waals surface area contributed by atoms with E-state index >= 15 is 0 Å². The molecule has 1 aromatic rings. The SMILES string of the molecule is O=C(CCc1ccc([PH])cc1)N1[CH]CNCC1. The normalized spacial score (nSPS) is 15.9. The third-order valence-electron chi connectivity index (χ3n) is 2.89. The van der Waals surface area contributed by atoms with Gasteiger partial charge in [0.25, 0.3) is 0 Å². The molecule has 1 heterocycles. The first kappa shape index (κ1) is 12.5. The summed E-state index contributed by atoms with van der Waals surface area (Å²) in [4.78, 5) is 13.7. The highest BCUT2D eigenvalue weighted by molar-refractivity contribution is 7.27. The molecule has 2 radical (unpaired) electrons. The number of carbonyl (C=O) groups is 1. The summed E-state index contributed by atoms with van der Waals surface area (Å²) in [6, 6.07) is 8.12. The largest absolute Gasteiger partial charge is 0.335 e. The second-order valence-electron chi connectivity index (χ2n) is 4.17. The maximum absolute atomic E-state index is 11.9. The first-order valence-electron chi connectivity index (χ1n) is 5.90. The van der Waals surface area contributed by atoms with E-state index in [0.717, 1.165) is 31.4 Å². The molecular weight excluding hydrogens is 231 g/mol. The zero-order valence-electron chi connectivity index (χ0n) is 9.78. The first-order valence-corrected chi connectivity index (χ1v) is 6.40. The van der Waals surface area contributed by atoms with Gasteiger partial charge in [0.1, 0.15) is 0 Å². The molecule has 1 aliphatic rings. The van der Waals surface area contributed by atoms with Gasteiger partial charge in [0, 0.05) is 26.1 Å². The lowest BCUT2D eigenvalue weighted by molar-refractivity contribution is -0.130. The molecule has 1 saturated heterocycles. The van der Waals surface area contributed by atoms with Crippen LogP contribution >= 0.6 is 9.24 Å². The van der Waals surface area contributed by atoms with Gasteiger partial charge >= 0.3 is 0 Å². The average molecular weight is 248 g/mol. The maximum atomic E-state index is 11.9. The van der Waals surface area contributed by atoms with Gasteiger partial charge in [-0.25, -0.2) is 0 Å².